The quantitative estimate of drug-likeness (QED) is 0.0321. The molecule has 9 N–H and O–H groups in total. The fraction of sp³-hybridized carbons (Fsp3) is 0.632. The number of aliphatic hydroxyl groups excluding tert-OH is 1. The second kappa shape index (κ2) is 38.4. The van der Waals surface area contributed by atoms with E-state index in [-0.39, 0.29) is 86.8 Å². The number of nitrogens with one attached hydrogen (secondary N) is 6. The molecule has 0 aromatic heterocycles. The molecule has 2 aromatic rings. The molecule has 26 nitrogen and oxygen atoms in total. The van der Waals surface area contributed by atoms with Gasteiger partial charge in [0.2, 0.25) is 41.4 Å². The molecule has 0 bridgehead atoms. The molecule has 1 fully saturated rings. The van der Waals surface area contributed by atoms with E-state index in [0.29, 0.717) is 61.9 Å². The van der Waals surface area contributed by atoms with Gasteiger partial charge in [-0.3, -0.25) is 53.0 Å². The fourth-order valence-electron chi connectivity index (χ4n) is 12.1. The van der Waals surface area contributed by atoms with Crippen LogP contribution >= 0.6 is 0 Å². The standard InChI is InChI=1S/C68H105N11O15/c1-15-43(8)59(51(92-13)38-55(83)78-37-23-27-50(78)61(93-14)44(9)62(85)71-45(10)60(84)47-24-18-16-19-25-47)76(11)66(89)57(41(4)5)75-65(88)58(42(6)7)77(12)68(91)94-39-46-29-31-48(32-30-46)72-63(86)49(26-22-35-70-67(69)90)73-64(87)56(40(2)3)74-52(80)28-20-17-21-36-79-53(81)33-34-54(79)82/h16,18-19,24-25,29-34,40-45,49-51,56-61,84H,15,17,20-23,26-28,35-39H2,1-14H3,(H,71,85)(H,72,86)(H,73,87)(H,74,80)(H,75,88)(H3,69,70,90)/t43-,44+,45+,49-,50-,51+,56-,57-,58+,59-,60+,61+/m0/s1. The molecule has 26 heteroatoms. The summed E-state index contributed by atoms with van der Waals surface area (Å²) in [6.07, 6.45) is 2.94. The first-order valence-electron chi connectivity index (χ1n) is 32.9. The van der Waals surface area contributed by atoms with Gasteiger partial charge < -0.3 is 66.8 Å². The minimum absolute atomic E-state index is 0.0841. The lowest BCUT2D eigenvalue weighted by Gasteiger charge is -2.41. The third kappa shape index (κ3) is 22.9. The largest absolute Gasteiger partial charge is 0.445 e. The van der Waals surface area contributed by atoms with E-state index in [1.807, 2.05) is 32.0 Å². The number of methoxy groups -OCH3 is 2. The zero-order valence-electron chi connectivity index (χ0n) is 57.4. The van der Waals surface area contributed by atoms with Crippen LogP contribution in [0, 0.1) is 29.6 Å². The van der Waals surface area contributed by atoms with Crippen molar-refractivity contribution in [2.24, 2.45) is 35.3 Å². The zero-order chi connectivity index (χ0) is 70.1. The van der Waals surface area contributed by atoms with Gasteiger partial charge in [-0.25, -0.2) is 9.59 Å². The Hall–Kier alpha value is -7.97. The number of primary amides is 1. The van der Waals surface area contributed by atoms with Crippen molar-refractivity contribution < 1.29 is 72.1 Å². The van der Waals surface area contributed by atoms with Gasteiger partial charge in [0.05, 0.1) is 48.8 Å². The number of rotatable bonds is 38. The van der Waals surface area contributed by atoms with Crippen LogP contribution in [-0.4, -0.2) is 192 Å². The molecule has 0 radical (unpaired) electrons. The lowest BCUT2D eigenvalue weighted by atomic mass is 9.89. The number of unbranched alkanes of at least 4 members (excludes halogenated alkanes) is 2. The molecular weight excluding hydrogens is 1210 g/mol. The Labute approximate surface area is 554 Å². The molecular formula is C68H105N11O15. The summed E-state index contributed by atoms with van der Waals surface area (Å²) in [7, 11) is 6.08. The Kier molecular flexibility index (Phi) is 32.1. The number of ether oxygens (including phenoxy) is 3. The van der Waals surface area contributed by atoms with Crippen molar-refractivity contribution in [2.45, 2.75) is 201 Å². The van der Waals surface area contributed by atoms with Gasteiger partial charge in [0, 0.05) is 72.2 Å². The number of anilines is 1. The average Bonchev–Trinajstić information content (AvgIpc) is 1.33. The van der Waals surface area contributed by atoms with Crippen LogP contribution in [0.4, 0.5) is 15.3 Å². The normalized spacial score (nSPS) is 17.4. The molecule has 0 saturated carbocycles. The highest BCUT2D eigenvalue weighted by Crippen LogP contribution is 2.31. The zero-order valence-corrected chi connectivity index (χ0v) is 57.4. The Morgan fingerprint density at radius 3 is 1.93 bits per heavy atom. The summed E-state index contributed by atoms with van der Waals surface area (Å²) in [5.74, 6) is -6.02. The van der Waals surface area contributed by atoms with Gasteiger partial charge in [0.15, 0.2) is 0 Å². The number of benzene rings is 2. The summed E-state index contributed by atoms with van der Waals surface area (Å²) in [6, 6.07) is 8.74. The monoisotopic (exact) mass is 1320 g/mol. The van der Waals surface area contributed by atoms with Gasteiger partial charge in [0.25, 0.3) is 11.8 Å². The van der Waals surface area contributed by atoms with Gasteiger partial charge >= 0.3 is 12.1 Å². The van der Waals surface area contributed by atoms with Crippen molar-refractivity contribution in [1.29, 1.82) is 0 Å². The summed E-state index contributed by atoms with van der Waals surface area (Å²) in [6.45, 7) is 18.6. The van der Waals surface area contributed by atoms with E-state index in [4.69, 9.17) is 19.9 Å². The smallest absolute Gasteiger partial charge is 0.410 e. The maximum absolute atomic E-state index is 14.8. The van der Waals surface area contributed by atoms with Gasteiger partial charge in [-0.05, 0) is 92.4 Å². The number of likely N-dealkylation sites (N-methyl/N-ethyl adjacent to an activating group) is 2. The van der Waals surface area contributed by atoms with E-state index in [1.54, 1.807) is 109 Å². The molecule has 12 amide bonds. The lowest BCUT2D eigenvalue weighted by Crippen LogP contribution is -2.60. The first-order chi connectivity index (χ1) is 44.5. The molecule has 94 heavy (non-hydrogen) atoms. The Balaban J connectivity index is 1.37. The van der Waals surface area contributed by atoms with Crippen LogP contribution in [0.15, 0.2) is 66.7 Å². The number of hydrogen-bond donors (Lipinski definition) is 8. The number of nitrogens with zero attached hydrogens (tertiary/aromatic N) is 4. The summed E-state index contributed by atoms with van der Waals surface area (Å²) < 4.78 is 17.7. The highest BCUT2D eigenvalue weighted by atomic mass is 16.6. The molecule has 2 aliphatic rings. The Bertz CT molecular complexity index is 2880. The second-order valence-corrected chi connectivity index (χ2v) is 25.8. The minimum atomic E-state index is -1.11. The molecule has 0 spiro atoms. The van der Waals surface area contributed by atoms with E-state index in [2.05, 4.69) is 31.9 Å². The van der Waals surface area contributed by atoms with Crippen LogP contribution in [0.3, 0.4) is 0 Å². The van der Waals surface area contributed by atoms with E-state index < -0.39 is 114 Å². The molecule has 4 rings (SSSR count). The Morgan fingerprint density at radius 2 is 1.35 bits per heavy atom. The molecule has 1 saturated heterocycles. The maximum atomic E-state index is 14.8. The van der Waals surface area contributed by atoms with Crippen LogP contribution in [0.25, 0.3) is 0 Å². The highest BCUT2D eigenvalue weighted by molar-refractivity contribution is 6.12. The maximum Gasteiger partial charge on any atom is 0.410 e. The van der Waals surface area contributed by atoms with E-state index in [0.717, 1.165) is 4.90 Å². The summed E-state index contributed by atoms with van der Waals surface area (Å²) in [5.41, 5.74) is 6.77. The van der Waals surface area contributed by atoms with Gasteiger partial charge in [-0.15, -0.1) is 0 Å². The molecule has 0 aliphatic carbocycles. The predicted molar refractivity (Wildman–Crippen MR) is 353 cm³/mol. The summed E-state index contributed by atoms with van der Waals surface area (Å²) >= 11 is 0. The molecule has 0 unspecified atom stereocenters. The first-order valence-corrected chi connectivity index (χ1v) is 32.9. The molecule has 2 heterocycles. The van der Waals surface area contributed by atoms with Crippen LogP contribution in [0.5, 0.6) is 0 Å². The van der Waals surface area contributed by atoms with Crippen molar-refractivity contribution in [3.8, 4) is 0 Å². The van der Waals surface area contributed by atoms with Crippen molar-refractivity contribution in [3.05, 3.63) is 77.9 Å². The number of amides is 12. The molecule has 12 atom stereocenters. The SMILES string of the molecule is CC[C@H](C)[C@@H]([C@@H](CC(=O)N1CCC[C@H]1[C@H](OC)[C@@H](C)C(=O)N[C@H](C)[C@@H](O)c1ccccc1)OC)N(C)C(=O)[C@@H](NC(=O)[C@@H](C(C)C)N(C)C(=O)OCc1ccc(NC(=O)[C@H](CCCNC(N)=O)NC(=O)[C@@H](NC(=O)CCCCCN2C(=O)C=CC2=O)C(C)C)cc1)C(C)C. The second-order valence-electron chi connectivity index (χ2n) is 25.8. The van der Waals surface area contributed by atoms with E-state index in [9.17, 15) is 57.8 Å². The Morgan fingerprint density at radius 1 is 0.713 bits per heavy atom. The van der Waals surface area contributed by atoms with Gasteiger partial charge in [-0.2, -0.15) is 0 Å². The number of carbonyl (C=O) groups is 11. The van der Waals surface area contributed by atoms with Gasteiger partial charge in [-0.1, -0.05) is 118 Å². The van der Waals surface area contributed by atoms with Crippen LogP contribution in [-0.2, 0) is 64.0 Å². The number of hydrogen-bond acceptors (Lipinski definition) is 15. The predicted octanol–water partition coefficient (Wildman–Crippen LogP) is 5.08. The topological polar surface area (TPSA) is 347 Å². The number of imide groups is 1. The highest BCUT2D eigenvalue weighted by Gasteiger charge is 2.44. The molecule has 2 aliphatic heterocycles. The van der Waals surface area contributed by atoms with Crippen molar-refractivity contribution in [1.82, 2.24) is 46.2 Å². The third-order valence-electron chi connectivity index (χ3n) is 17.7. The molecule has 522 valence electrons. The summed E-state index contributed by atoms with van der Waals surface area (Å²) in [4.78, 5) is 152. The number of carbonyl (C=O) groups excluding carboxylic acids is 11. The number of likely N-dealkylation sites (tertiary alicyclic amines) is 1. The fourth-order valence-corrected chi connectivity index (χ4v) is 12.1. The minimum Gasteiger partial charge on any atom is -0.445 e. The third-order valence-corrected chi connectivity index (χ3v) is 17.7. The molecule has 2 aromatic carbocycles. The number of aliphatic hydroxyl groups is 1. The van der Waals surface area contributed by atoms with Crippen molar-refractivity contribution >= 4 is 71.0 Å². The van der Waals surface area contributed by atoms with Crippen LogP contribution in [0.1, 0.15) is 151 Å². The number of nitrogens with two attached hydrogens (primary N) is 1. The average molecular weight is 1320 g/mol. The lowest BCUT2D eigenvalue weighted by molar-refractivity contribution is -0.148. The van der Waals surface area contributed by atoms with Crippen LogP contribution in [0.2, 0.25) is 0 Å². The van der Waals surface area contributed by atoms with E-state index >= 15 is 0 Å². The van der Waals surface area contributed by atoms with E-state index in [1.165, 1.54) is 38.3 Å². The van der Waals surface area contributed by atoms with Crippen molar-refractivity contribution in [3.63, 3.8) is 0 Å². The van der Waals surface area contributed by atoms with Gasteiger partial charge in [0.1, 0.15) is 30.8 Å². The summed E-state index contributed by atoms with van der Waals surface area (Å²) in [5, 5.41) is 27.6. The number of urea groups is 1. The van der Waals surface area contributed by atoms with Crippen molar-refractivity contribution in [2.75, 3.05) is 53.3 Å². The first kappa shape index (κ1) is 78.5. The van der Waals surface area contributed by atoms with Crippen LogP contribution < -0.4 is 37.6 Å².